The minimum Gasteiger partial charge on any atom is -0.378 e. The van der Waals surface area contributed by atoms with Crippen molar-refractivity contribution in [2.45, 2.75) is 37.5 Å². The quantitative estimate of drug-likeness (QED) is 0.731. The van der Waals surface area contributed by atoms with Crippen LogP contribution in [0, 0.1) is 5.92 Å². The SMILES string of the molecule is CN(C)c1ccc(N2C(=O)CS[C@@H]2c2cccc(NC(=O)C3CCCCC3)c2)cc1. The lowest BCUT2D eigenvalue weighted by Crippen LogP contribution is -2.28. The van der Waals surface area contributed by atoms with Gasteiger partial charge < -0.3 is 10.2 Å². The molecule has 0 unspecified atom stereocenters. The Morgan fingerprint density at radius 1 is 1.07 bits per heavy atom. The zero-order valence-electron chi connectivity index (χ0n) is 17.6. The Balaban J connectivity index is 1.52. The van der Waals surface area contributed by atoms with E-state index >= 15 is 0 Å². The number of amides is 2. The van der Waals surface area contributed by atoms with Crippen molar-refractivity contribution in [3.8, 4) is 0 Å². The number of hydrogen-bond donors (Lipinski definition) is 1. The van der Waals surface area contributed by atoms with Crippen LogP contribution in [0.1, 0.15) is 43.0 Å². The normalized spacial score (nSPS) is 19.7. The average molecular weight is 424 g/mol. The van der Waals surface area contributed by atoms with Crippen LogP contribution in [-0.2, 0) is 9.59 Å². The second kappa shape index (κ2) is 9.13. The monoisotopic (exact) mass is 423 g/mol. The first-order valence-corrected chi connectivity index (χ1v) is 11.7. The van der Waals surface area contributed by atoms with E-state index in [1.807, 2.05) is 72.4 Å². The predicted octanol–water partition coefficient (Wildman–Crippen LogP) is 5.05. The van der Waals surface area contributed by atoms with Crippen LogP contribution in [0.4, 0.5) is 17.1 Å². The number of hydrogen-bond acceptors (Lipinski definition) is 4. The summed E-state index contributed by atoms with van der Waals surface area (Å²) in [6.07, 6.45) is 5.48. The van der Waals surface area contributed by atoms with E-state index in [1.54, 1.807) is 11.8 Å². The van der Waals surface area contributed by atoms with Gasteiger partial charge in [0.15, 0.2) is 0 Å². The number of nitrogens with one attached hydrogen (secondary N) is 1. The van der Waals surface area contributed by atoms with Gasteiger partial charge in [0.25, 0.3) is 0 Å². The number of anilines is 3. The summed E-state index contributed by atoms with van der Waals surface area (Å²) in [5.74, 6) is 0.813. The number of nitrogens with zero attached hydrogens (tertiary/aromatic N) is 2. The van der Waals surface area contributed by atoms with Crippen molar-refractivity contribution in [3.63, 3.8) is 0 Å². The van der Waals surface area contributed by atoms with E-state index in [1.165, 1.54) is 6.42 Å². The van der Waals surface area contributed by atoms with Crippen LogP contribution in [0.3, 0.4) is 0 Å². The zero-order valence-corrected chi connectivity index (χ0v) is 18.5. The van der Waals surface area contributed by atoms with Gasteiger partial charge in [0.2, 0.25) is 11.8 Å². The fraction of sp³-hybridized carbons (Fsp3) is 0.417. The summed E-state index contributed by atoms with van der Waals surface area (Å²) in [7, 11) is 4.00. The topological polar surface area (TPSA) is 52.6 Å². The summed E-state index contributed by atoms with van der Waals surface area (Å²) in [6, 6.07) is 16.0. The first kappa shape index (κ1) is 20.8. The molecule has 0 bridgehead atoms. The lowest BCUT2D eigenvalue weighted by atomic mass is 9.88. The molecule has 158 valence electrons. The van der Waals surface area contributed by atoms with Crippen LogP contribution in [0.15, 0.2) is 48.5 Å². The molecule has 2 aromatic rings. The van der Waals surface area contributed by atoms with Gasteiger partial charge in [0.05, 0.1) is 5.75 Å². The van der Waals surface area contributed by atoms with Crippen molar-refractivity contribution in [2.75, 3.05) is 35.0 Å². The smallest absolute Gasteiger partial charge is 0.238 e. The van der Waals surface area contributed by atoms with Gasteiger partial charge in [0.1, 0.15) is 5.37 Å². The van der Waals surface area contributed by atoms with Gasteiger partial charge in [-0.05, 0) is 54.8 Å². The second-order valence-corrected chi connectivity index (χ2v) is 9.36. The summed E-state index contributed by atoms with van der Waals surface area (Å²) < 4.78 is 0. The van der Waals surface area contributed by atoms with Gasteiger partial charge in [-0.25, -0.2) is 0 Å². The van der Waals surface area contributed by atoms with Crippen LogP contribution in [0.25, 0.3) is 0 Å². The third-order valence-corrected chi connectivity index (χ3v) is 7.14. The molecule has 0 spiro atoms. The van der Waals surface area contributed by atoms with Gasteiger partial charge in [-0.3, -0.25) is 14.5 Å². The molecule has 1 saturated heterocycles. The number of rotatable bonds is 5. The van der Waals surface area contributed by atoms with Crippen molar-refractivity contribution in [1.29, 1.82) is 0 Å². The van der Waals surface area contributed by atoms with E-state index in [2.05, 4.69) is 5.32 Å². The lowest BCUT2D eigenvalue weighted by molar-refractivity contribution is -0.120. The maximum absolute atomic E-state index is 12.7. The van der Waals surface area contributed by atoms with E-state index < -0.39 is 0 Å². The summed E-state index contributed by atoms with van der Waals surface area (Å²) in [4.78, 5) is 29.2. The maximum atomic E-state index is 12.7. The molecule has 1 aliphatic heterocycles. The van der Waals surface area contributed by atoms with Gasteiger partial charge in [-0.1, -0.05) is 31.4 Å². The molecular formula is C24H29N3O2S. The molecule has 2 aromatic carbocycles. The molecule has 1 atom stereocenters. The molecule has 5 nitrogen and oxygen atoms in total. The van der Waals surface area contributed by atoms with Gasteiger partial charge in [0, 0.05) is 37.1 Å². The molecule has 1 saturated carbocycles. The summed E-state index contributed by atoms with van der Waals surface area (Å²) >= 11 is 1.63. The lowest BCUT2D eigenvalue weighted by Gasteiger charge is -2.26. The van der Waals surface area contributed by atoms with Gasteiger partial charge in [-0.15, -0.1) is 11.8 Å². The Kier molecular flexibility index (Phi) is 6.32. The fourth-order valence-electron chi connectivity index (χ4n) is 4.24. The minimum atomic E-state index is -0.0887. The molecule has 1 N–H and O–H groups in total. The Morgan fingerprint density at radius 3 is 2.50 bits per heavy atom. The molecule has 1 heterocycles. The molecule has 1 aliphatic carbocycles. The van der Waals surface area contributed by atoms with Crippen LogP contribution < -0.4 is 15.1 Å². The zero-order chi connectivity index (χ0) is 21.1. The Hall–Kier alpha value is -2.47. The fourth-order valence-corrected chi connectivity index (χ4v) is 5.41. The van der Waals surface area contributed by atoms with Gasteiger partial charge in [-0.2, -0.15) is 0 Å². The summed E-state index contributed by atoms with van der Waals surface area (Å²) in [5, 5.41) is 3.02. The molecule has 6 heteroatoms. The van der Waals surface area contributed by atoms with E-state index in [9.17, 15) is 9.59 Å². The number of benzene rings is 2. The third kappa shape index (κ3) is 4.48. The van der Waals surface area contributed by atoms with E-state index in [0.29, 0.717) is 5.75 Å². The van der Waals surface area contributed by atoms with Crippen LogP contribution in [0.2, 0.25) is 0 Å². The second-order valence-electron chi connectivity index (χ2n) is 8.29. The molecule has 4 rings (SSSR count). The highest BCUT2D eigenvalue weighted by molar-refractivity contribution is 8.00. The Morgan fingerprint density at radius 2 is 1.80 bits per heavy atom. The molecule has 2 amide bonds. The van der Waals surface area contributed by atoms with Crippen molar-refractivity contribution < 1.29 is 9.59 Å². The highest BCUT2D eigenvalue weighted by atomic mass is 32.2. The van der Waals surface area contributed by atoms with Gasteiger partial charge >= 0.3 is 0 Å². The number of carbonyl (C=O) groups is 2. The molecule has 2 aliphatic rings. The van der Waals surface area contributed by atoms with Crippen molar-refractivity contribution in [3.05, 3.63) is 54.1 Å². The summed E-state index contributed by atoms with van der Waals surface area (Å²) in [6.45, 7) is 0. The number of carbonyl (C=O) groups excluding carboxylic acids is 2. The van der Waals surface area contributed by atoms with E-state index in [4.69, 9.17) is 0 Å². The largest absolute Gasteiger partial charge is 0.378 e. The minimum absolute atomic E-state index is 0.0887. The maximum Gasteiger partial charge on any atom is 0.238 e. The Bertz CT molecular complexity index is 907. The first-order chi connectivity index (χ1) is 14.5. The van der Waals surface area contributed by atoms with Crippen molar-refractivity contribution in [1.82, 2.24) is 0 Å². The van der Waals surface area contributed by atoms with Crippen LogP contribution in [0.5, 0.6) is 0 Å². The van der Waals surface area contributed by atoms with Crippen molar-refractivity contribution >= 4 is 40.6 Å². The Labute approximate surface area is 182 Å². The molecule has 30 heavy (non-hydrogen) atoms. The molecular weight excluding hydrogens is 394 g/mol. The van der Waals surface area contributed by atoms with Crippen molar-refractivity contribution in [2.24, 2.45) is 5.92 Å². The molecule has 0 radical (unpaired) electrons. The highest BCUT2D eigenvalue weighted by Gasteiger charge is 2.34. The third-order valence-electron chi connectivity index (χ3n) is 5.93. The van der Waals surface area contributed by atoms with Crippen LogP contribution >= 0.6 is 11.8 Å². The molecule has 2 fully saturated rings. The standard InChI is InChI=1S/C24H29N3O2S/c1-26(2)20-11-13-21(14-12-20)27-22(28)16-30-24(27)18-9-6-10-19(15-18)25-23(29)17-7-4-3-5-8-17/h6,9-15,17,24H,3-5,7-8,16H2,1-2H3,(H,25,29)/t24-/m1/s1. The van der Waals surface area contributed by atoms with E-state index in [0.717, 1.165) is 48.3 Å². The molecule has 0 aromatic heterocycles. The van der Waals surface area contributed by atoms with E-state index in [-0.39, 0.29) is 23.1 Å². The average Bonchev–Trinajstić information content (AvgIpc) is 3.16. The highest BCUT2D eigenvalue weighted by Crippen LogP contribution is 2.42. The first-order valence-electron chi connectivity index (χ1n) is 10.6. The number of thioether (sulfide) groups is 1. The summed E-state index contributed by atoms with van der Waals surface area (Å²) in [5.41, 5.74) is 3.84. The predicted molar refractivity (Wildman–Crippen MR) is 125 cm³/mol. The van der Waals surface area contributed by atoms with Crippen LogP contribution in [-0.4, -0.2) is 31.7 Å².